The Morgan fingerprint density at radius 2 is 1.60 bits per heavy atom. The number of ether oxygens (including phenoxy) is 3. The molecular weight excluding hydrogens is 504 g/mol. The molecule has 40 heavy (non-hydrogen) atoms. The van der Waals surface area contributed by atoms with Crippen molar-refractivity contribution < 1.29 is 24.1 Å². The number of hydrogen-bond acceptors (Lipinski definition) is 6. The van der Waals surface area contributed by atoms with E-state index in [0.717, 1.165) is 87.6 Å². The van der Waals surface area contributed by atoms with Gasteiger partial charge in [-0.2, -0.15) is 0 Å². The third kappa shape index (κ3) is 8.29. The Morgan fingerprint density at radius 3 is 2.33 bits per heavy atom. The normalized spacial score (nSPS) is 18.9. The summed E-state index contributed by atoms with van der Waals surface area (Å²) in [4.78, 5) is 17.3. The number of carboxylic acid groups (broad SMARTS) is 1. The number of hydrogen-bond donors (Lipinski definition) is 1. The van der Waals surface area contributed by atoms with E-state index >= 15 is 0 Å². The number of aromatic nitrogens is 1. The van der Waals surface area contributed by atoms with Crippen LogP contribution in [0.1, 0.15) is 55.2 Å². The van der Waals surface area contributed by atoms with Gasteiger partial charge in [0.05, 0.1) is 12.2 Å². The maximum Gasteiger partial charge on any atom is 0.303 e. The van der Waals surface area contributed by atoms with E-state index < -0.39 is 5.97 Å². The summed E-state index contributed by atoms with van der Waals surface area (Å²) < 4.78 is 18.2. The molecule has 2 aliphatic rings. The Hall–Kier alpha value is -3.42. The second kappa shape index (κ2) is 13.8. The number of carbonyl (C=O) groups is 1. The molecule has 212 valence electrons. The Balaban J connectivity index is 1.02. The molecule has 0 amide bonds. The van der Waals surface area contributed by atoms with Crippen molar-refractivity contribution in [1.29, 1.82) is 0 Å². The molecule has 2 saturated heterocycles. The second-order valence-electron chi connectivity index (χ2n) is 11.1. The number of pyridine rings is 1. The van der Waals surface area contributed by atoms with E-state index in [1.807, 2.05) is 36.4 Å². The molecule has 3 heterocycles. The standard InChI is InChI=1S/C33H40N2O5/c36-32(37)10-7-26-5-8-30(9-6-26)39-25-29-3-1-28(2-4-29)24-35-19-15-33(16-20-35)23-27(14-22-40-33)13-21-38-31-11-17-34-18-12-31/h1-6,8-9,11-12,17-18,27H,7,10,13-16,19-25H2,(H,36,37). The van der Waals surface area contributed by atoms with E-state index in [4.69, 9.17) is 19.3 Å². The summed E-state index contributed by atoms with van der Waals surface area (Å²) in [5.41, 5.74) is 3.49. The summed E-state index contributed by atoms with van der Waals surface area (Å²) in [6.07, 6.45) is 9.74. The highest BCUT2D eigenvalue weighted by Gasteiger charge is 2.40. The Labute approximate surface area is 237 Å². The average molecular weight is 545 g/mol. The minimum atomic E-state index is -0.778. The molecule has 0 bridgehead atoms. The Bertz CT molecular complexity index is 1190. The fourth-order valence-corrected chi connectivity index (χ4v) is 5.79. The number of carboxylic acids is 1. The van der Waals surface area contributed by atoms with Gasteiger partial charge in [0.25, 0.3) is 0 Å². The molecule has 7 heteroatoms. The van der Waals surface area contributed by atoms with E-state index in [2.05, 4.69) is 34.1 Å². The molecular formula is C33H40N2O5. The van der Waals surface area contributed by atoms with E-state index in [0.29, 0.717) is 18.9 Å². The molecule has 5 rings (SSSR count). The number of benzene rings is 2. The number of aryl methyl sites for hydroxylation is 1. The van der Waals surface area contributed by atoms with Crippen LogP contribution in [0.3, 0.4) is 0 Å². The number of likely N-dealkylation sites (tertiary alicyclic amines) is 1. The summed E-state index contributed by atoms with van der Waals surface area (Å²) in [5, 5.41) is 8.83. The molecule has 0 aliphatic carbocycles. The number of nitrogens with zero attached hydrogens (tertiary/aromatic N) is 2. The fourth-order valence-electron chi connectivity index (χ4n) is 5.79. The van der Waals surface area contributed by atoms with Crippen molar-refractivity contribution in [3.8, 4) is 11.5 Å². The van der Waals surface area contributed by atoms with Crippen LogP contribution in [0.25, 0.3) is 0 Å². The molecule has 2 aliphatic heterocycles. The van der Waals surface area contributed by atoms with E-state index in [1.165, 1.54) is 5.56 Å². The lowest BCUT2D eigenvalue weighted by Crippen LogP contribution is -2.49. The van der Waals surface area contributed by atoms with E-state index in [9.17, 15) is 4.79 Å². The van der Waals surface area contributed by atoms with Crippen LogP contribution in [0.5, 0.6) is 11.5 Å². The molecule has 1 atom stereocenters. The molecule has 0 saturated carbocycles. The van der Waals surface area contributed by atoms with Crippen molar-refractivity contribution in [3.63, 3.8) is 0 Å². The fraction of sp³-hybridized carbons (Fsp3) is 0.455. The van der Waals surface area contributed by atoms with Gasteiger partial charge in [0, 0.05) is 45.1 Å². The van der Waals surface area contributed by atoms with Crippen LogP contribution in [-0.4, -0.2) is 52.9 Å². The highest BCUT2D eigenvalue weighted by atomic mass is 16.5. The van der Waals surface area contributed by atoms with Gasteiger partial charge in [0.2, 0.25) is 0 Å². The maximum absolute atomic E-state index is 10.7. The zero-order valence-corrected chi connectivity index (χ0v) is 23.2. The number of rotatable bonds is 12. The summed E-state index contributed by atoms with van der Waals surface area (Å²) in [6.45, 7) is 5.20. The highest BCUT2D eigenvalue weighted by Crippen LogP contribution is 2.39. The van der Waals surface area contributed by atoms with Crippen LogP contribution in [-0.2, 0) is 29.1 Å². The average Bonchev–Trinajstić information content (AvgIpc) is 2.98. The van der Waals surface area contributed by atoms with E-state index in [1.54, 1.807) is 12.4 Å². The SMILES string of the molecule is O=C(O)CCc1ccc(OCc2ccc(CN3CCC4(CC3)CC(CCOc3ccncc3)CCO4)cc2)cc1. The minimum absolute atomic E-state index is 0.0335. The van der Waals surface area contributed by atoms with Gasteiger partial charge in [-0.15, -0.1) is 0 Å². The third-order valence-corrected chi connectivity index (χ3v) is 8.19. The molecule has 1 N–H and O–H groups in total. The topological polar surface area (TPSA) is 81.1 Å². The first-order chi connectivity index (χ1) is 19.6. The van der Waals surface area contributed by atoms with Crippen molar-refractivity contribution in [2.24, 2.45) is 5.92 Å². The van der Waals surface area contributed by atoms with Gasteiger partial charge in [-0.1, -0.05) is 36.4 Å². The predicted molar refractivity (Wildman–Crippen MR) is 153 cm³/mol. The van der Waals surface area contributed by atoms with Crippen LogP contribution in [0, 0.1) is 5.92 Å². The molecule has 1 unspecified atom stereocenters. The number of piperidine rings is 1. The lowest BCUT2D eigenvalue weighted by Gasteiger charge is -2.46. The first kappa shape index (κ1) is 28.1. The third-order valence-electron chi connectivity index (χ3n) is 8.19. The summed E-state index contributed by atoms with van der Waals surface area (Å²) >= 11 is 0. The maximum atomic E-state index is 10.7. The van der Waals surface area contributed by atoms with Crippen LogP contribution < -0.4 is 9.47 Å². The molecule has 1 spiro atoms. The van der Waals surface area contributed by atoms with Crippen molar-refractivity contribution in [1.82, 2.24) is 9.88 Å². The molecule has 7 nitrogen and oxygen atoms in total. The van der Waals surface area contributed by atoms with Gasteiger partial charge < -0.3 is 19.3 Å². The molecule has 2 aromatic carbocycles. The zero-order chi connectivity index (χ0) is 27.6. The van der Waals surface area contributed by atoms with Crippen LogP contribution in [0.15, 0.2) is 73.1 Å². The Morgan fingerprint density at radius 1 is 0.925 bits per heavy atom. The lowest BCUT2D eigenvalue weighted by molar-refractivity contribution is -0.137. The largest absolute Gasteiger partial charge is 0.493 e. The highest BCUT2D eigenvalue weighted by molar-refractivity contribution is 5.67. The van der Waals surface area contributed by atoms with Gasteiger partial charge in [0.1, 0.15) is 18.1 Å². The second-order valence-corrected chi connectivity index (χ2v) is 11.1. The summed E-state index contributed by atoms with van der Waals surface area (Å²) in [5.74, 6) is 1.57. The Kier molecular flexibility index (Phi) is 9.68. The first-order valence-electron chi connectivity index (χ1n) is 14.5. The van der Waals surface area contributed by atoms with Crippen molar-refractivity contribution in [2.75, 3.05) is 26.3 Å². The van der Waals surface area contributed by atoms with Gasteiger partial charge in [-0.3, -0.25) is 14.7 Å². The van der Waals surface area contributed by atoms with Gasteiger partial charge in [-0.25, -0.2) is 0 Å². The van der Waals surface area contributed by atoms with Crippen molar-refractivity contribution in [2.45, 2.75) is 63.7 Å². The molecule has 2 fully saturated rings. The minimum Gasteiger partial charge on any atom is -0.493 e. The first-order valence-corrected chi connectivity index (χ1v) is 14.5. The summed E-state index contributed by atoms with van der Waals surface area (Å²) in [6, 6.07) is 20.2. The van der Waals surface area contributed by atoms with Crippen molar-refractivity contribution >= 4 is 5.97 Å². The summed E-state index contributed by atoms with van der Waals surface area (Å²) in [7, 11) is 0. The van der Waals surface area contributed by atoms with Crippen LogP contribution in [0.4, 0.5) is 0 Å². The van der Waals surface area contributed by atoms with E-state index in [-0.39, 0.29) is 12.0 Å². The quantitative estimate of drug-likeness (QED) is 0.304. The molecule has 3 aromatic rings. The monoisotopic (exact) mass is 544 g/mol. The van der Waals surface area contributed by atoms with Crippen LogP contribution >= 0.6 is 0 Å². The van der Waals surface area contributed by atoms with Gasteiger partial charge in [-0.05, 0) is 85.4 Å². The zero-order valence-electron chi connectivity index (χ0n) is 23.2. The lowest BCUT2D eigenvalue weighted by atomic mass is 9.78. The molecule has 1 aromatic heterocycles. The molecule has 0 radical (unpaired) electrons. The number of aliphatic carboxylic acids is 1. The van der Waals surface area contributed by atoms with Crippen molar-refractivity contribution in [3.05, 3.63) is 89.7 Å². The van der Waals surface area contributed by atoms with Crippen LogP contribution in [0.2, 0.25) is 0 Å². The predicted octanol–water partition coefficient (Wildman–Crippen LogP) is 5.91. The van der Waals surface area contributed by atoms with Gasteiger partial charge in [0.15, 0.2) is 0 Å². The smallest absolute Gasteiger partial charge is 0.303 e. The van der Waals surface area contributed by atoms with Gasteiger partial charge >= 0.3 is 5.97 Å².